The second kappa shape index (κ2) is 9.98. The van der Waals surface area contributed by atoms with Crippen molar-refractivity contribution >= 4 is 34.6 Å². The molecule has 0 amide bonds. The van der Waals surface area contributed by atoms with E-state index in [0.29, 0.717) is 6.04 Å². The highest BCUT2D eigenvalue weighted by atomic mass is 35.5. The monoisotopic (exact) mass is 421 g/mol. The van der Waals surface area contributed by atoms with Crippen molar-refractivity contribution in [2.24, 2.45) is 4.99 Å². The van der Waals surface area contributed by atoms with Crippen LogP contribution in [0.3, 0.4) is 0 Å². The summed E-state index contributed by atoms with van der Waals surface area (Å²) in [6.45, 7) is 7.50. The smallest absolute Gasteiger partial charge is 0.191 e. The van der Waals surface area contributed by atoms with Gasteiger partial charge in [-0.1, -0.05) is 11.6 Å². The summed E-state index contributed by atoms with van der Waals surface area (Å²) < 4.78 is 5.50. The SMILES string of the molecule is CCNC(=NCCc1csc(C)n1)NC1CCN(c2cc(Cl)ccc2OC)C1. The van der Waals surface area contributed by atoms with E-state index in [0.717, 1.165) is 72.1 Å². The van der Waals surface area contributed by atoms with Gasteiger partial charge in [0.25, 0.3) is 0 Å². The topological polar surface area (TPSA) is 61.8 Å². The molecule has 2 aromatic rings. The molecule has 1 aliphatic heterocycles. The molecule has 1 saturated heterocycles. The van der Waals surface area contributed by atoms with E-state index in [1.807, 2.05) is 25.1 Å². The van der Waals surface area contributed by atoms with Gasteiger partial charge in [0.1, 0.15) is 5.75 Å². The van der Waals surface area contributed by atoms with Gasteiger partial charge in [-0.15, -0.1) is 11.3 Å². The van der Waals surface area contributed by atoms with E-state index in [4.69, 9.17) is 21.3 Å². The molecule has 1 aliphatic rings. The van der Waals surface area contributed by atoms with Crippen molar-refractivity contribution in [2.45, 2.75) is 32.7 Å². The zero-order chi connectivity index (χ0) is 19.9. The molecule has 0 aliphatic carbocycles. The van der Waals surface area contributed by atoms with Gasteiger partial charge in [0.15, 0.2) is 5.96 Å². The van der Waals surface area contributed by atoms with Crippen LogP contribution in [0.5, 0.6) is 5.75 Å². The first-order valence-corrected chi connectivity index (χ1v) is 10.9. The van der Waals surface area contributed by atoms with Gasteiger partial charge in [0.2, 0.25) is 0 Å². The number of rotatable bonds is 7. The molecule has 1 fully saturated rings. The van der Waals surface area contributed by atoms with Crippen molar-refractivity contribution < 1.29 is 4.74 Å². The Balaban J connectivity index is 1.58. The number of guanidine groups is 1. The minimum absolute atomic E-state index is 0.322. The Morgan fingerprint density at radius 2 is 2.32 bits per heavy atom. The molecule has 1 aromatic heterocycles. The Labute approximate surface area is 176 Å². The second-order valence-corrected chi connectivity index (χ2v) is 8.26. The van der Waals surface area contributed by atoms with Gasteiger partial charge in [-0.3, -0.25) is 4.99 Å². The molecular formula is C20H28ClN5OS. The zero-order valence-corrected chi connectivity index (χ0v) is 18.2. The third-order valence-electron chi connectivity index (χ3n) is 4.66. The predicted molar refractivity (Wildman–Crippen MR) is 118 cm³/mol. The molecule has 3 rings (SSSR count). The van der Waals surface area contributed by atoms with E-state index in [9.17, 15) is 0 Å². The van der Waals surface area contributed by atoms with Crippen molar-refractivity contribution in [1.82, 2.24) is 15.6 Å². The average Bonchev–Trinajstić information content (AvgIpc) is 3.31. The Morgan fingerprint density at radius 1 is 1.46 bits per heavy atom. The molecule has 152 valence electrons. The highest BCUT2D eigenvalue weighted by molar-refractivity contribution is 7.09. The summed E-state index contributed by atoms with van der Waals surface area (Å²) in [5, 5.41) is 10.8. The Bertz CT molecular complexity index is 810. The van der Waals surface area contributed by atoms with Crippen molar-refractivity contribution in [1.29, 1.82) is 0 Å². The van der Waals surface area contributed by atoms with Gasteiger partial charge in [-0.25, -0.2) is 4.98 Å². The molecule has 8 heteroatoms. The number of anilines is 1. The fraction of sp³-hybridized carbons (Fsp3) is 0.500. The van der Waals surface area contributed by atoms with E-state index in [1.54, 1.807) is 18.4 Å². The van der Waals surface area contributed by atoms with Crippen LogP contribution >= 0.6 is 22.9 Å². The lowest BCUT2D eigenvalue weighted by Crippen LogP contribution is -2.44. The molecule has 2 heterocycles. The number of hydrogen-bond acceptors (Lipinski definition) is 5. The molecule has 1 aromatic carbocycles. The van der Waals surface area contributed by atoms with Gasteiger partial charge < -0.3 is 20.3 Å². The van der Waals surface area contributed by atoms with Crippen molar-refractivity contribution in [3.05, 3.63) is 39.3 Å². The molecule has 1 unspecified atom stereocenters. The molecule has 28 heavy (non-hydrogen) atoms. The van der Waals surface area contributed by atoms with E-state index in [1.165, 1.54) is 0 Å². The quantitative estimate of drug-likeness (QED) is 0.529. The van der Waals surface area contributed by atoms with Gasteiger partial charge >= 0.3 is 0 Å². The number of methoxy groups -OCH3 is 1. The average molecular weight is 422 g/mol. The Morgan fingerprint density at radius 3 is 3.04 bits per heavy atom. The zero-order valence-electron chi connectivity index (χ0n) is 16.7. The van der Waals surface area contributed by atoms with E-state index >= 15 is 0 Å². The minimum Gasteiger partial charge on any atom is -0.495 e. The van der Waals surface area contributed by atoms with Gasteiger partial charge in [0.05, 0.1) is 23.5 Å². The molecular weight excluding hydrogens is 394 g/mol. The van der Waals surface area contributed by atoms with Crippen LogP contribution in [-0.4, -0.2) is 50.3 Å². The van der Waals surface area contributed by atoms with Crippen LogP contribution in [0, 0.1) is 6.92 Å². The lowest BCUT2D eigenvalue weighted by atomic mass is 10.2. The number of ether oxygens (including phenoxy) is 1. The number of halogens is 1. The number of hydrogen-bond donors (Lipinski definition) is 2. The first-order valence-electron chi connectivity index (χ1n) is 9.63. The number of thiazole rings is 1. The summed E-state index contributed by atoms with van der Waals surface area (Å²) in [6.07, 6.45) is 1.89. The number of nitrogens with zero attached hydrogens (tertiary/aromatic N) is 3. The fourth-order valence-electron chi connectivity index (χ4n) is 3.33. The molecule has 6 nitrogen and oxygen atoms in total. The number of nitrogens with one attached hydrogen (secondary N) is 2. The number of aryl methyl sites for hydroxylation is 1. The lowest BCUT2D eigenvalue weighted by Gasteiger charge is -2.22. The third-order valence-corrected chi connectivity index (χ3v) is 5.72. The molecule has 0 saturated carbocycles. The van der Waals surface area contributed by atoms with Crippen molar-refractivity contribution in [2.75, 3.05) is 38.2 Å². The van der Waals surface area contributed by atoms with E-state index < -0.39 is 0 Å². The molecule has 0 bridgehead atoms. The van der Waals surface area contributed by atoms with Gasteiger partial charge in [-0.2, -0.15) is 0 Å². The highest BCUT2D eigenvalue weighted by Crippen LogP contribution is 2.33. The summed E-state index contributed by atoms with van der Waals surface area (Å²) in [5.41, 5.74) is 2.15. The number of aliphatic imine (C=N–C) groups is 1. The maximum absolute atomic E-state index is 6.19. The Kier molecular flexibility index (Phi) is 7.39. The van der Waals surface area contributed by atoms with Crippen LogP contribution in [0.25, 0.3) is 0 Å². The molecule has 1 atom stereocenters. The maximum Gasteiger partial charge on any atom is 0.191 e. The predicted octanol–water partition coefficient (Wildman–Crippen LogP) is 3.49. The largest absolute Gasteiger partial charge is 0.495 e. The highest BCUT2D eigenvalue weighted by Gasteiger charge is 2.25. The number of aromatic nitrogens is 1. The Hall–Kier alpha value is -1.99. The summed E-state index contributed by atoms with van der Waals surface area (Å²) in [4.78, 5) is 11.5. The van der Waals surface area contributed by atoms with Crippen LogP contribution in [0.15, 0.2) is 28.6 Å². The molecule has 2 N–H and O–H groups in total. The van der Waals surface area contributed by atoms with Crippen LogP contribution in [0.4, 0.5) is 5.69 Å². The van der Waals surface area contributed by atoms with Crippen LogP contribution in [0.2, 0.25) is 5.02 Å². The van der Waals surface area contributed by atoms with E-state index in [2.05, 4.69) is 32.8 Å². The van der Waals surface area contributed by atoms with Crippen LogP contribution < -0.4 is 20.3 Å². The van der Waals surface area contributed by atoms with E-state index in [-0.39, 0.29) is 0 Å². The fourth-order valence-corrected chi connectivity index (χ4v) is 4.14. The lowest BCUT2D eigenvalue weighted by molar-refractivity contribution is 0.415. The first-order chi connectivity index (χ1) is 13.6. The van der Waals surface area contributed by atoms with Gasteiger partial charge in [-0.05, 0) is 38.5 Å². The number of benzene rings is 1. The second-order valence-electron chi connectivity index (χ2n) is 6.76. The summed E-state index contributed by atoms with van der Waals surface area (Å²) in [7, 11) is 1.69. The molecule has 0 spiro atoms. The first kappa shape index (κ1) is 20.7. The summed E-state index contributed by atoms with van der Waals surface area (Å²) >= 11 is 7.88. The normalized spacial score (nSPS) is 17.1. The molecule has 0 radical (unpaired) electrons. The standard InChI is InChI=1S/C20H28ClN5OS/c1-4-22-20(23-9-7-17-13-28-14(2)24-17)25-16-8-10-26(12-16)18-11-15(21)5-6-19(18)27-3/h5-6,11,13,16H,4,7-10,12H2,1-3H3,(H2,22,23,25). The van der Waals surface area contributed by atoms with Crippen molar-refractivity contribution in [3.8, 4) is 5.75 Å². The van der Waals surface area contributed by atoms with Crippen LogP contribution in [-0.2, 0) is 6.42 Å². The maximum atomic E-state index is 6.19. The third kappa shape index (κ3) is 5.52. The van der Waals surface area contributed by atoms with Crippen molar-refractivity contribution in [3.63, 3.8) is 0 Å². The van der Waals surface area contributed by atoms with Gasteiger partial charge in [0, 0.05) is 49.0 Å². The minimum atomic E-state index is 0.322. The van der Waals surface area contributed by atoms with Crippen LogP contribution in [0.1, 0.15) is 24.0 Å². The summed E-state index contributed by atoms with van der Waals surface area (Å²) in [5.74, 6) is 1.71. The summed E-state index contributed by atoms with van der Waals surface area (Å²) in [6, 6.07) is 6.07.